The summed E-state index contributed by atoms with van der Waals surface area (Å²) in [6.07, 6.45) is 5.51. The first-order valence-corrected chi connectivity index (χ1v) is 10.0. The summed E-state index contributed by atoms with van der Waals surface area (Å²) in [6.45, 7) is 6.07. The van der Waals surface area contributed by atoms with Crippen LogP contribution in [0.2, 0.25) is 0 Å². The summed E-state index contributed by atoms with van der Waals surface area (Å²) in [5.41, 5.74) is 5.55. The number of amides is 1. The van der Waals surface area contributed by atoms with E-state index in [9.17, 15) is 4.79 Å². The van der Waals surface area contributed by atoms with Gasteiger partial charge >= 0.3 is 0 Å². The number of nitrogens with zero attached hydrogens (tertiary/aromatic N) is 4. The molecule has 6 nitrogen and oxygen atoms in total. The molecule has 0 unspecified atom stereocenters. The summed E-state index contributed by atoms with van der Waals surface area (Å²) < 4.78 is 2.02. The molecule has 0 aliphatic heterocycles. The van der Waals surface area contributed by atoms with E-state index in [4.69, 9.17) is 0 Å². The molecule has 0 radical (unpaired) electrons. The van der Waals surface area contributed by atoms with Crippen LogP contribution in [0.15, 0.2) is 67.1 Å². The van der Waals surface area contributed by atoms with E-state index in [1.165, 1.54) is 5.56 Å². The zero-order valence-corrected chi connectivity index (χ0v) is 18.0. The van der Waals surface area contributed by atoms with E-state index in [1.807, 2.05) is 42.8 Å². The van der Waals surface area contributed by atoms with Crippen molar-refractivity contribution in [2.75, 3.05) is 19.4 Å². The van der Waals surface area contributed by atoms with Crippen molar-refractivity contribution >= 4 is 23.1 Å². The number of rotatable bonds is 4. The largest absolute Gasteiger partial charge is 0.345 e. The van der Waals surface area contributed by atoms with Crippen molar-refractivity contribution in [1.82, 2.24) is 19.3 Å². The maximum absolute atomic E-state index is 12.0. The van der Waals surface area contributed by atoms with Crippen LogP contribution >= 0.6 is 0 Å². The van der Waals surface area contributed by atoms with Crippen molar-refractivity contribution in [3.63, 3.8) is 0 Å². The molecule has 30 heavy (non-hydrogen) atoms. The highest BCUT2D eigenvalue weighted by Crippen LogP contribution is 2.25. The van der Waals surface area contributed by atoms with E-state index >= 15 is 0 Å². The minimum atomic E-state index is -0.0252. The fourth-order valence-electron chi connectivity index (χ4n) is 3.04. The maximum Gasteiger partial charge on any atom is 0.253 e. The summed E-state index contributed by atoms with van der Waals surface area (Å²) >= 11 is 0. The molecule has 0 aliphatic carbocycles. The molecule has 4 rings (SSSR count). The molecule has 0 aliphatic rings. The van der Waals surface area contributed by atoms with Crippen molar-refractivity contribution in [3.8, 4) is 11.3 Å². The van der Waals surface area contributed by atoms with Gasteiger partial charge in [0.05, 0.1) is 11.9 Å². The zero-order valence-electron chi connectivity index (χ0n) is 18.0. The highest BCUT2D eigenvalue weighted by molar-refractivity contribution is 5.94. The van der Waals surface area contributed by atoms with E-state index in [2.05, 4.69) is 46.5 Å². The second-order valence-corrected chi connectivity index (χ2v) is 6.88. The smallest absolute Gasteiger partial charge is 0.253 e. The van der Waals surface area contributed by atoms with Gasteiger partial charge < -0.3 is 10.2 Å². The number of carbonyl (C=O) groups excluding carboxylic acids is 1. The molecule has 2 aromatic heterocycles. The maximum atomic E-state index is 12.0. The Labute approximate surface area is 177 Å². The number of imidazole rings is 1. The SMILES string of the molecule is CC.Cc1ccc(-c2cnc3c(Nc4ccc(C(=O)N(C)C)cc4)nccn23)cc1. The summed E-state index contributed by atoms with van der Waals surface area (Å²) in [4.78, 5) is 22.6. The lowest BCUT2D eigenvalue weighted by molar-refractivity contribution is 0.0827. The van der Waals surface area contributed by atoms with Crippen LogP contribution in [-0.4, -0.2) is 39.3 Å². The third-order valence-corrected chi connectivity index (χ3v) is 4.58. The van der Waals surface area contributed by atoms with Crippen LogP contribution < -0.4 is 5.32 Å². The number of hydrogen-bond donors (Lipinski definition) is 1. The van der Waals surface area contributed by atoms with E-state index in [-0.39, 0.29) is 5.91 Å². The molecule has 2 heterocycles. The molecule has 6 heteroatoms. The second kappa shape index (κ2) is 9.22. The standard InChI is InChI=1S/C22H21N5O.C2H6/c1-15-4-6-16(7-5-15)19-14-24-21-20(23-12-13-27(19)21)25-18-10-8-17(9-11-18)22(28)26(2)3;1-2/h4-14H,1-3H3,(H,23,25);1-2H3. The normalized spacial score (nSPS) is 10.3. The Morgan fingerprint density at radius 1 is 0.967 bits per heavy atom. The Bertz CT molecular complexity index is 1130. The number of hydrogen-bond acceptors (Lipinski definition) is 4. The fourth-order valence-corrected chi connectivity index (χ4v) is 3.04. The van der Waals surface area contributed by atoms with Crippen LogP contribution in [0, 0.1) is 6.92 Å². The van der Waals surface area contributed by atoms with Gasteiger partial charge in [-0.05, 0) is 31.2 Å². The predicted octanol–water partition coefficient (Wildman–Crippen LogP) is 5.18. The van der Waals surface area contributed by atoms with Gasteiger partial charge in [-0.3, -0.25) is 9.20 Å². The Hall–Kier alpha value is -3.67. The van der Waals surface area contributed by atoms with Crippen molar-refractivity contribution in [3.05, 3.63) is 78.2 Å². The number of aromatic nitrogens is 3. The molecule has 0 fully saturated rings. The lowest BCUT2D eigenvalue weighted by atomic mass is 10.1. The van der Waals surface area contributed by atoms with Gasteiger partial charge in [-0.15, -0.1) is 0 Å². The summed E-state index contributed by atoms with van der Waals surface area (Å²) in [5, 5.41) is 3.30. The average Bonchev–Trinajstić information content (AvgIpc) is 3.21. The van der Waals surface area contributed by atoms with Gasteiger partial charge in [0.15, 0.2) is 11.5 Å². The lowest BCUT2D eigenvalue weighted by Crippen LogP contribution is -2.21. The topological polar surface area (TPSA) is 62.5 Å². The van der Waals surface area contributed by atoms with Crippen molar-refractivity contribution in [1.29, 1.82) is 0 Å². The predicted molar refractivity (Wildman–Crippen MR) is 122 cm³/mol. The molecule has 0 saturated carbocycles. The second-order valence-electron chi connectivity index (χ2n) is 6.88. The molecular weight excluding hydrogens is 374 g/mol. The number of anilines is 2. The van der Waals surface area contributed by atoms with Crippen LogP contribution in [0.5, 0.6) is 0 Å². The highest BCUT2D eigenvalue weighted by Gasteiger charge is 2.11. The molecule has 0 bridgehead atoms. The highest BCUT2D eigenvalue weighted by atomic mass is 16.2. The quantitative estimate of drug-likeness (QED) is 0.512. The van der Waals surface area contributed by atoms with Gasteiger partial charge in [-0.2, -0.15) is 0 Å². The van der Waals surface area contributed by atoms with E-state index in [0.29, 0.717) is 11.4 Å². The van der Waals surface area contributed by atoms with Crippen molar-refractivity contribution < 1.29 is 4.79 Å². The number of fused-ring (bicyclic) bond motifs is 1. The monoisotopic (exact) mass is 401 g/mol. The molecule has 1 N–H and O–H groups in total. The average molecular weight is 402 g/mol. The Morgan fingerprint density at radius 3 is 2.27 bits per heavy atom. The number of nitrogens with one attached hydrogen (secondary N) is 1. The minimum Gasteiger partial charge on any atom is -0.345 e. The van der Waals surface area contributed by atoms with Gasteiger partial charge in [0.25, 0.3) is 5.91 Å². The summed E-state index contributed by atoms with van der Waals surface area (Å²) in [6, 6.07) is 15.7. The van der Waals surface area contributed by atoms with E-state index in [1.54, 1.807) is 37.3 Å². The molecular formula is C24H27N5O. The molecule has 2 aromatic carbocycles. The van der Waals surface area contributed by atoms with Crippen molar-refractivity contribution in [2.45, 2.75) is 20.8 Å². The molecule has 0 saturated heterocycles. The third kappa shape index (κ3) is 4.33. The van der Waals surface area contributed by atoms with Crippen molar-refractivity contribution in [2.24, 2.45) is 0 Å². The van der Waals surface area contributed by atoms with E-state index in [0.717, 1.165) is 22.6 Å². The minimum absolute atomic E-state index is 0.0252. The first kappa shape index (κ1) is 21.0. The van der Waals surface area contributed by atoms with Gasteiger partial charge in [0.1, 0.15) is 0 Å². The number of benzene rings is 2. The van der Waals surface area contributed by atoms with Gasteiger partial charge in [0, 0.05) is 43.3 Å². The molecule has 0 atom stereocenters. The third-order valence-electron chi connectivity index (χ3n) is 4.58. The van der Waals surface area contributed by atoms with Crippen LogP contribution in [-0.2, 0) is 0 Å². The first-order chi connectivity index (χ1) is 14.5. The Kier molecular flexibility index (Phi) is 6.47. The zero-order chi connectivity index (χ0) is 21.7. The molecule has 4 aromatic rings. The molecule has 1 amide bonds. The van der Waals surface area contributed by atoms with E-state index < -0.39 is 0 Å². The van der Waals surface area contributed by atoms with Gasteiger partial charge in [0.2, 0.25) is 0 Å². The Morgan fingerprint density at radius 2 is 1.63 bits per heavy atom. The summed E-state index contributed by atoms with van der Waals surface area (Å²) in [7, 11) is 3.48. The lowest BCUT2D eigenvalue weighted by Gasteiger charge is -2.11. The fraction of sp³-hybridized carbons (Fsp3) is 0.208. The number of carbonyl (C=O) groups is 1. The molecule has 154 valence electrons. The van der Waals surface area contributed by atoms with Crippen LogP contribution in [0.4, 0.5) is 11.5 Å². The Balaban J connectivity index is 0.00000124. The molecule has 0 spiro atoms. The first-order valence-electron chi connectivity index (χ1n) is 10.0. The van der Waals surface area contributed by atoms with Crippen LogP contribution in [0.25, 0.3) is 16.9 Å². The summed E-state index contributed by atoms with van der Waals surface area (Å²) in [5.74, 6) is 0.635. The van der Waals surface area contributed by atoms with Crippen LogP contribution in [0.1, 0.15) is 29.8 Å². The van der Waals surface area contributed by atoms with Crippen LogP contribution in [0.3, 0.4) is 0 Å². The van der Waals surface area contributed by atoms with Gasteiger partial charge in [-0.1, -0.05) is 43.7 Å². The number of aryl methyl sites for hydroxylation is 1. The van der Waals surface area contributed by atoms with Gasteiger partial charge in [-0.25, -0.2) is 9.97 Å².